The lowest BCUT2D eigenvalue weighted by Gasteiger charge is -2.18. The molecule has 8 nitrogen and oxygen atoms in total. The van der Waals surface area contributed by atoms with Gasteiger partial charge in [-0.05, 0) is 42.5 Å². The number of nitrogens with one attached hydrogen (secondary N) is 2. The number of rotatable bonds is 5. The number of hydrogen-bond acceptors (Lipinski definition) is 6. The lowest BCUT2D eigenvalue weighted by atomic mass is 10.1. The van der Waals surface area contributed by atoms with Crippen molar-refractivity contribution in [2.45, 2.75) is 0 Å². The van der Waals surface area contributed by atoms with Crippen LogP contribution >= 0.6 is 0 Å². The molecule has 0 atom stereocenters. The van der Waals surface area contributed by atoms with Gasteiger partial charge in [-0.15, -0.1) is 0 Å². The van der Waals surface area contributed by atoms with E-state index in [1.54, 1.807) is 6.21 Å². The number of hydrogen-bond donors (Lipinski definition) is 2. The number of H-pyrrole nitrogens is 1. The third kappa shape index (κ3) is 3.78. The Hall–Kier alpha value is -4.59. The van der Waals surface area contributed by atoms with Crippen LogP contribution in [-0.2, 0) is 0 Å². The molecule has 6 rings (SSSR count). The summed E-state index contributed by atoms with van der Waals surface area (Å²) in [6, 6.07) is 23.7. The fourth-order valence-corrected chi connectivity index (χ4v) is 3.78. The number of ether oxygens (including phenoxy) is 2. The minimum Gasteiger partial charge on any atom is -0.486 e. The monoisotopic (exact) mass is 436 g/mol. The molecule has 0 amide bonds. The van der Waals surface area contributed by atoms with Gasteiger partial charge in [0.2, 0.25) is 5.95 Å². The lowest BCUT2D eigenvalue weighted by molar-refractivity contribution is 0.171. The van der Waals surface area contributed by atoms with Gasteiger partial charge in [-0.25, -0.2) is 15.1 Å². The third-order valence-electron chi connectivity index (χ3n) is 5.34. The van der Waals surface area contributed by atoms with Gasteiger partial charge in [0.15, 0.2) is 11.5 Å². The molecule has 5 aromatic rings. The van der Waals surface area contributed by atoms with Crippen LogP contribution in [0.15, 0.2) is 84.1 Å². The second-order valence-corrected chi connectivity index (χ2v) is 7.54. The molecular formula is C25H20N6O2. The van der Waals surface area contributed by atoms with Gasteiger partial charge in [0.1, 0.15) is 18.9 Å². The summed E-state index contributed by atoms with van der Waals surface area (Å²) >= 11 is 0. The van der Waals surface area contributed by atoms with Crippen molar-refractivity contribution in [3.63, 3.8) is 0 Å². The summed E-state index contributed by atoms with van der Waals surface area (Å²) in [6.45, 7) is 1.09. The van der Waals surface area contributed by atoms with Gasteiger partial charge in [-0.2, -0.15) is 10.2 Å². The fraction of sp³-hybridized carbons (Fsp3) is 0.0800. The number of benzene rings is 3. The topological polar surface area (TPSA) is 89.4 Å². The number of para-hydroxylation sites is 3. The highest BCUT2D eigenvalue weighted by molar-refractivity contribution is 5.89. The third-order valence-corrected chi connectivity index (χ3v) is 5.34. The van der Waals surface area contributed by atoms with Crippen LogP contribution in [-0.4, -0.2) is 39.2 Å². The fourth-order valence-electron chi connectivity index (χ4n) is 3.78. The van der Waals surface area contributed by atoms with E-state index in [1.165, 1.54) is 0 Å². The molecule has 8 heteroatoms. The number of anilines is 1. The summed E-state index contributed by atoms with van der Waals surface area (Å²) in [7, 11) is 0. The number of aromatic amines is 1. The molecule has 33 heavy (non-hydrogen) atoms. The van der Waals surface area contributed by atoms with Crippen molar-refractivity contribution in [2.75, 3.05) is 18.6 Å². The minimum absolute atomic E-state index is 0.532. The van der Waals surface area contributed by atoms with E-state index in [1.807, 2.05) is 83.7 Å². The first-order chi connectivity index (χ1) is 16.3. The summed E-state index contributed by atoms with van der Waals surface area (Å²) in [5, 5.41) is 9.25. The maximum atomic E-state index is 5.77. The van der Waals surface area contributed by atoms with Crippen molar-refractivity contribution in [2.24, 2.45) is 5.10 Å². The highest BCUT2D eigenvalue weighted by Gasteiger charge is 2.16. The molecule has 3 heterocycles. The Kier molecular flexibility index (Phi) is 4.73. The average molecular weight is 436 g/mol. The summed E-state index contributed by atoms with van der Waals surface area (Å²) < 4.78 is 13.3. The zero-order chi connectivity index (χ0) is 22.0. The molecule has 0 saturated carbocycles. The van der Waals surface area contributed by atoms with Crippen molar-refractivity contribution in [3.05, 3.63) is 84.6 Å². The van der Waals surface area contributed by atoms with Crippen molar-refractivity contribution in [3.8, 4) is 28.4 Å². The molecule has 0 bridgehead atoms. The van der Waals surface area contributed by atoms with E-state index >= 15 is 0 Å². The zero-order valence-corrected chi connectivity index (χ0v) is 17.6. The second kappa shape index (κ2) is 8.16. The Morgan fingerprint density at radius 1 is 0.939 bits per heavy atom. The molecule has 1 aliphatic heterocycles. The van der Waals surface area contributed by atoms with E-state index in [4.69, 9.17) is 14.6 Å². The predicted molar refractivity (Wildman–Crippen MR) is 127 cm³/mol. The summed E-state index contributed by atoms with van der Waals surface area (Å²) in [5.74, 6) is 2.04. The maximum Gasteiger partial charge on any atom is 0.222 e. The van der Waals surface area contributed by atoms with Crippen LogP contribution in [0.2, 0.25) is 0 Å². The van der Waals surface area contributed by atoms with E-state index in [9.17, 15) is 0 Å². The van der Waals surface area contributed by atoms with Gasteiger partial charge < -0.3 is 14.5 Å². The van der Waals surface area contributed by atoms with Crippen LogP contribution in [0.3, 0.4) is 0 Å². The average Bonchev–Trinajstić information content (AvgIpc) is 3.48. The van der Waals surface area contributed by atoms with Crippen molar-refractivity contribution >= 4 is 23.2 Å². The Bertz CT molecular complexity index is 1420. The van der Waals surface area contributed by atoms with E-state index in [0.29, 0.717) is 19.2 Å². The molecule has 0 fully saturated rings. The molecule has 2 N–H and O–H groups in total. The van der Waals surface area contributed by atoms with Crippen LogP contribution < -0.4 is 14.9 Å². The summed E-state index contributed by atoms with van der Waals surface area (Å²) in [6.07, 6.45) is 3.69. The molecule has 0 saturated heterocycles. The number of hydrazone groups is 1. The maximum absolute atomic E-state index is 5.77. The Morgan fingerprint density at radius 3 is 2.64 bits per heavy atom. The Labute approximate surface area is 189 Å². The first-order valence-corrected chi connectivity index (χ1v) is 10.6. The van der Waals surface area contributed by atoms with Crippen LogP contribution in [0, 0.1) is 0 Å². The van der Waals surface area contributed by atoms with Crippen LogP contribution in [0.4, 0.5) is 5.95 Å². The number of fused-ring (bicyclic) bond motifs is 2. The normalized spacial score (nSPS) is 13.0. The smallest absolute Gasteiger partial charge is 0.222 e. The van der Waals surface area contributed by atoms with Gasteiger partial charge in [0.05, 0.1) is 22.9 Å². The largest absolute Gasteiger partial charge is 0.486 e. The molecule has 0 spiro atoms. The molecule has 3 aromatic carbocycles. The van der Waals surface area contributed by atoms with Crippen LogP contribution in [0.5, 0.6) is 11.5 Å². The van der Waals surface area contributed by atoms with E-state index in [-0.39, 0.29) is 0 Å². The van der Waals surface area contributed by atoms with Crippen molar-refractivity contribution < 1.29 is 9.47 Å². The minimum atomic E-state index is 0.532. The van der Waals surface area contributed by atoms with Gasteiger partial charge >= 0.3 is 0 Å². The van der Waals surface area contributed by atoms with Crippen LogP contribution in [0.25, 0.3) is 28.0 Å². The lowest BCUT2D eigenvalue weighted by Crippen LogP contribution is -2.15. The SMILES string of the molecule is C(=N\Nc1nc2ccccc2[nH]1)/c1cn(-c2ccccc2)nc1-c1ccc2c(c1)OCCO2. The van der Waals surface area contributed by atoms with Gasteiger partial charge in [-0.1, -0.05) is 30.3 Å². The van der Waals surface area contributed by atoms with E-state index < -0.39 is 0 Å². The number of nitrogens with zero attached hydrogens (tertiary/aromatic N) is 4. The number of aromatic nitrogens is 4. The van der Waals surface area contributed by atoms with Crippen molar-refractivity contribution in [1.82, 2.24) is 19.7 Å². The van der Waals surface area contributed by atoms with Crippen molar-refractivity contribution in [1.29, 1.82) is 0 Å². The highest BCUT2D eigenvalue weighted by Crippen LogP contribution is 2.35. The highest BCUT2D eigenvalue weighted by atomic mass is 16.6. The van der Waals surface area contributed by atoms with Gasteiger partial charge in [-0.3, -0.25) is 0 Å². The van der Waals surface area contributed by atoms with Gasteiger partial charge in [0.25, 0.3) is 0 Å². The molecule has 162 valence electrons. The number of imidazole rings is 1. The van der Waals surface area contributed by atoms with Crippen LogP contribution in [0.1, 0.15) is 5.56 Å². The molecular weight excluding hydrogens is 416 g/mol. The molecule has 2 aromatic heterocycles. The standard InChI is InChI=1S/C25H20N6O2/c1-2-6-19(7-3-1)31-16-18(15-26-29-25-27-20-8-4-5-9-21(20)28-25)24(30-31)17-10-11-22-23(14-17)33-13-12-32-22/h1-11,14-16H,12-13H2,(H2,27,28,29)/b26-15+. The second-order valence-electron chi connectivity index (χ2n) is 7.54. The summed E-state index contributed by atoms with van der Waals surface area (Å²) in [5.41, 5.74) is 8.31. The predicted octanol–water partition coefficient (Wildman–Crippen LogP) is 4.63. The molecule has 0 unspecified atom stereocenters. The first kappa shape index (κ1) is 19.1. The molecule has 0 aliphatic carbocycles. The Balaban J connectivity index is 1.35. The molecule has 1 aliphatic rings. The quantitative estimate of drug-likeness (QED) is 0.310. The summed E-state index contributed by atoms with van der Waals surface area (Å²) in [4.78, 5) is 7.70. The first-order valence-electron chi connectivity index (χ1n) is 10.6. The van der Waals surface area contributed by atoms with E-state index in [0.717, 1.165) is 45.0 Å². The zero-order valence-electron chi connectivity index (χ0n) is 17.6. The van der Waals surface area contributed by atoms with E-state index in [2.05, 4.69) is 20.5 Å². The Morgan fingerprint density at radius 2 is 1.76 bits per heavy atom. The molecule has 0 radical (unpaired) electrons. The van der Waals surface area contributed by atoms with Gasteiger partial charge in [0, 0.05) is 17.3 Å².